The third-order valence-corrected chi connectivity index (χ3v) is 4.05. The van der Waals surface area contributed by atoms with E-state index in [-0.39, 0.29) is 6.54 Å². The molecule has 0 aliphatic carbocycles. The summed E-state index contributed by atoms with van der Waals surface area (Å²) in [5, 5.41) is 16.0. The minimum atomic E-state index is -0.891. The van der Waals surface area contributed by atoms with Crippen LogP contribution < -0.4 is 24.8 Å². The Kier molecular flexibility index (Phi) is 5.70. The number of aliphatic hydroxyl groups is 1. The first-order chi connectivity index (χ1) is 12.6. The lowest BCUT2D eigenvalue weighted by molar-refractivity contribution is 0.163. The molecule has 1 atom stereocenters. The van der Waals surface area contributed by atoms with Crippen LogP contribution in [0.5, 0.6) is 17.2 Å². The largest absolute Gasteiger partial charge is 0.495 e. The van der Waals surface area contributed by atoms with Gasteiger partial charge in [0.1, 0.15) is 19.0 Å². The molecule has 1 aliphatic heterocycles. The van der Waals surface area contributed by atoms with Crippen molar-refractivity contribution in [1.82, 2.24) is 5.32 Å². The van der Waals surface area contributed by atoms with E-state index in [1.54, 1.807) is 36.4 Å². The number of ether oxygens (including phenoxy) is 3. The molecule has 1 heterocycles. The molecular formula is C18H19ClN2O5. The summed E-state index contributed by atoms with van der Waals surface area (Å²) < 4.78 is 16.1. The highest BCUT2D eigenvalue weighted by atomic mass is 35.5. The van der Waals surface area contributed by atoms with Gasteiger partial charge in [-0.2, -0.15) is 0 Å². The number of rotatable bonds is 5. The molecule has 138 valence electrons. The number of aliphatic hydroxyl groups excluding tert-OH is 1. The van der Waals surface area contributed by atoms with Gasteiger partial charge in [-0.3, -0.25) is 0 Å². The maximum atomic E-state index is 12.1. The molecule has 0 fully saturated rings. The molecule has 1 aliphatic rings. The number of nitrogens with one attached hydrogen (secondary N) is 2. The summed E-state index contributed by atoms with van der Waals surface area (Å²) in [6.07, 6.45) is -0.891. The number of carbonyl (C=O) groups excluding carboxylic acids is 1. The number of urea groups is 1. The Morgan fingerprint density at radius 2 is 2.00 bits per heavy atom. The van der Waals surface area contributed by atoms with Crippen LogP contribution in [0.1, 0.15) is 11.7 Å². The van der Waals surface area contributed by atoms with Crippen LogP contribution in [-0.4, -0.2) is 38.0 Å². The highest BCUT2D eigenvalue weighted by Crippen LogP contribution is 2.32. The summed E-state index contributed by atoms with van der Waals surface area (Å²) in [4.78, 5) is 12.1. The molecule has 26 heavy (non-hydrogen) atoms. The van der Waals surface area contributed by atoms with E-state index in [9.17, 15) is 9.90 Å². The summed E-state index contributed by atoms with van der Waals surface area (Å²) in [6.45, 7) is 0.993. The molecule has 0 bridgehead atoms. The predicted octanol–water partition coefficient (Wildman–Crippen LogP) is 2.97. The predicted molar refractivity (Wildman–Crippen MR) is 97.4 cm³/mol. The first kappa shape index (κ1) is 18.2. The second-order valence-electron chi connectivity index (χ2n) is 5.60. The average Bonchev–Trinajstić information content (AvgIpc) is 2.66. The molecule has 0 unspecified atom stereocenters. The van der Waals surface area contributed by atoms with E-state index in [1.165, 1.54) is 7.11 Å². The van der Waals surface area contributed by atoms with E-state index in [1.807, 2.05) is 0 Å². The van der Waals surface area contributed by atoms with Crippen LogP contribution in [0.15, 0.2) is 36.4 Å². The Labute approximate surface area is 155 Å². The van der Waals surface area contributed by atoms with E-state index in [0.29, 0.717) is 46.7 Å². The number of hydrogen-bond donors (Lipinski definition) is 3. The molecule has 0 aromatic heterocycles. The molecule has 8 heteroatoms. The average molecular weight is 379 g/mol. The molecule has 0 radical (unpaired) electrons. The summed E-state index contributed by atoms with van der Waals surface area (Å²) >= 11 is 5.93. The van der Waals surface area contributed by atoms with Crippen molar-refractivity contribution in [1.29, 1.82) is 0 Å². The molecule has 2 amide bonds. The third kappa shape index (κ3) is 4.30. The van der Waals surface area contributed by atoms with Gasteiger partial charge >= 0.3 is 6.03 Å². The van der Waals surface area contributed by atoms with Crippen molar-refractivity contribution in [2.45, 2.75) is 6.10 Å². The Balaban J connectivity index is 1.58. The maximum Gasteiger partial charge on any atom is 0.319 e. The highest BCUT2D eigenvalue weighted by molar-refractivity contribution is 6.31. The van der Waals surface area contributed by atoms with Crippen molar-refractivity contribution < 1.29 is 24.1 Å². The van der Waals surface area contributed by atoms with Crippen LogP contribution in [0.25, 0.3) is 0 Å². The van der Waals surface area contributed by atoms with Crippen LogP contribution >= 0.6 is 11.6 Å². The number of amides is 2. The van der Waals surface area contributed by atoms with Gasteiger partial charge in [0.2, 0.25) is 0 Å². The van der Waals surface area contributed by atoms with Crippen molar-refractivity contribution in [3.05, 3.63) is 47.0 Å². The minimum Gasteiger partial charge on any atom is -0.495 e. The standard InChI is InChI=1S/C18H19ClN2O5/c1-24-15-5-3-12(19)9-13(15)21-18(23)20-10-14(22)11-2-4-16-17(8-11)26-7-6-25-16/h2-5,8-9,14,22H,6-7,10H2,1H3,(H2,20,21,23)/t14-/m1/s1. The topological polar surface area (TPSA) is 89.1 Å². The van der Waals surface area contributed by atoms with Gasteiger partial charge in [-0.15, -0.1) is 0 Å². The number of fused-ring (bicyclic) bond motifs is 1. The van der Waals surface area contributed by atoms with Gasteiger partial charge < -0.3 is 30.0 Å². The minimum absolute atomic E-state index is 0.0222. The Morgan fingerprint density at radius 3 is 2.77 bits per heavy atom. The maximum absolute atomic E-state index is 12.1. The summed E-state index contributed by atoms with van der Waals surface area (Å²) in [5.74, 6) is 1.71. The second-order valence-corrected chi connectivity index (χ2v) is 6.03. The van der Waals surface area contributed by atoms with E-state index < -0.39 is 12.1 Å². The first-order valence-corrected chi connectivity index (χ1v) is 8.40. The molecule has 3 rings (SSSR count). The normalized spacial score (nSPS) is 13.7. The highest BCUT2D eigenvalue weighted by Gasteiger charge is 2.16. The zero-order valence-corrected chi connectivity index (χ0v) is 14.9. The van der Waals surface area contributed by atoms with Gasteiger partial charge in [0.05, 0.1) is 18.9 Å². The fraction of sp³-hybridized carbons (Fsp3) is 0.278. The smallest absolute Gasteiger partial charge is 0.319 e. The molecule has 3 N–H and O–H groups in total. The van der Waals surface area contributed by atoms with Gasteiger partial charge in [-0.25, -0.2) is 4.79 Å². The molecule has 2 aromatic rings. The van der Waals surface area contributed by atoms with Gasteiger partial charge in [0.25, 0.3) is 0 Å². The second kappa shape index (κ2) is 8.16. The number of carbonyl (C=O) groups is 1. The fourth-order valence-corrected chi connectivity index (χ4v) is 2.69. The number of methoxy groups -OCH3 is 1. The monoisotopic (exact) mass is 378 g/mol. The summed E-state index contributed by atoms with van der Waals surface area (Å²) in [5.41, 5.74) is 1.06. The van der Waals surface area contributed by atoms with Crippen LogP contribution in [0.4, 0.5) is 10.5 Å². The number of hydrogen-bond acceptors (Lipinski definition) is 5. The number of benzene rings is 2. The quantitative estimate of drug-likeness (QED) is 0.744. The molecule has 0 spiro atoms. The molecule has 0 saturated heterocycles. The Morgan fingerprint density at radius 1 is 1.23 bits per heavy atom. The van der Waals surface area contributed by atoms with E-state index in [0.717, 1.165) is 0 Å². The van der Waals surface area contributed by atoms with E-state index in [4.69, 9.17) is 25.8 Å². The van der Waals surface area contributed by atoms with Crippen LogP contribution in [-0.2, 0) is 0 Å². The third-order valence-electron chi connectivity index (χ3n) is 3.82. The van der Waals surface area contributed by atoms with Crippen LogP contribution in [0.3, 0.4) is 0 Å². The SMILES string of the molecule is COc1ccc(Cl)cc1NC(=O)NC[C@@H](O)c1ccc2c(c1)OCCO2. The van der Waals surface area contributed by atoms with Gasteiger partial charge in [0, 0.05) is 11.6 Å². The van der Waals surface area contributed by atoms with E-state index in [2.05, 4.69) is 10.6 Å². The van der Waals surface area contributed by atoms with Crippen molar-refractivity contribution in [2.75, 3.05) is 32.2 Å². The lowest BCUT2D eigenvalue weighted by atomic mass is 10.1. The zero-order chi connectivity index (χ0) is 18.5. The fourth-order valence-electron chi connectivity index (χ4n) is 2.52. The Bertz CT molecular complexity index is 799. The molecule has 0 saturated carbocycles. The molecule has 2 aromatic carbocycles. The lowest BCUT2D eigenvalue weighted by Gasteiger charge is -2.20. The number of halogens is 1. The van der Waals surface area contributed by atoms with Crippen molar-refractivity contribution >= 4 is 23.3 Å². The van der Waals surface area contributed by atoms with Crippen molar-refractivity contribution in [2.24, 2.45) is 0 Å². The summed E-state index contributed by atoms with van der Waals surface area (Å²) in [7, 11) is 1.50. The molecule has 7 nitrogen and oxygen atoms in total. The van der Waals surface area contributed by atoms with Crippen LogP contribution in [0.2, 0.25) is 5.02 Å². The van der Waals surface area contributed by atoms with Crippen LogP contribution in [0, 0.1) is 0 Å². The lowest BCUT2D eigenvalue weighted by Crippen LogP contribution is -2.32. The van der Waals surface area contributed by atoms with Gasteiger partial charge in [-0.1, -0.05) is 17.7 Å². The number of anilines is 1. The zero-order valence-electron chi connectivity index (χ0n) is 14.1. The van der Waals surface area contributed by atoms with Crippen molar-refractivity contribution in [3.63, 3.8) is 0 Å². The van der Waals surface area contributed by atoms with E-state index >= 15 is 0 Å². The molecular weight excluding hydrogens is 360 g/mol. The first-order valence-electron chi connectivity index (χ1n) is 8.03. The van der Waals surface area contributed by atoms with Crippen molar-refractivity contribution in [3.8, 4) is 17.2 Å². The summed E-state index contributed by atoms with van der Waals surface area (Å²) in [6, 6.07) is 9.59. The Hall–Kier alpha value is -2.64. The van der Waals surface area contributed by atoms with Gasteiger partial charge in [-0.05, 0) is 35.9 Å². The van der Waals surface area contributed by atoms with Gasteiger partial charge in [0.15, 0.2) is 11.5 Å².